The van der Waals surface area contributed by atoms with Gasteiger partial charge in [-0.15, -0.1) is 11.8 Å². The van der Waals surface area contributed by atoms with Gasteiger partial charge in [0.2, 0.25) is 0 Å². The van der Waals surface area contributed by atoms with Gasteiger partial charge in [0.1, 0.15) is 0 Å². The first-order chi connectivity index (χ1) is 9.27. The fourth-order valence-electron chi connectivity index (χ4n) is 1.92. The summed E-state index contributed by atoms with van der Waals surface area (Å²) in [6.07, 6.45) is 1.87. The van der Waals surface area contributed by atoms with Crippen molar-refractivity contribution < 1.29 is 14.7 Å². The minimum Gasteiger partial charge on any atom is -0.481 e. The van der Waals surface area contributed by atoms with E-state index < -0.39 is 11.5 Å². The largest absolute Gasteiger partial charge is 0.481 e. The summed E-state index contributed by atoms with van der Waals surface area (Å²) in [6, 6.07) is 7.40. The molecule has 0 bridgehead atoms. The first kappa shape index (κ1) is 16.6. The van der Waals surface area contributed by atoms with Crippen LogP contribution in [0, 0.1) is 0 Å². The summed E-state index contributed by atoms with van der Waals surface area (Å²) >= 11 is 1.51. The van der Waals surface area contributed by atoms with E-state index >= 15 is 0 Å². The van der Waals surface area contributed by atoms with E-state index in [4.69, 9.17) is 5.11 Å². The maximum Gasteiger partial charge on any atom is 0.305 e. The van der Waals surface area contributed by atoms with Crippen molar-refractivity contribution in [1.29, 1.82) is 0 Å². The predicted molar refractivity (Wildman–Crippen MR) is 81.3 cm³/mol. The molecule has 0 atom stereocenters. The van der Waals surface area contributed by atoms with Crippen molar-refractivity contribution in [1.82, 2.24) is 4.90 Å². The lowest BCUT2D eigenvalue weighted by atomic mass is 10.0. The van der Waals surface area contributed by atoms with E-state index in [1.165, 1.54) is 11.8 Å². The van der Waals surface area contributed by atoms with Crippen molar-refractivity contribution in [2.24, 2.45) is 0 Å². The van der Waals surface area contributed by atoms with Crippen LogP contribution < -0.4 is 0 Å². The third-order valence-corrected chi connectivity index (χ3v) is 3.74. The van der Waals surface area contributed by atoms with Crippen LogP contribution in [0.25, 0.3) is 0 Å². The lowest BCUT2D eigenvalue weighted by Gasteiger charge is -2.36. The maximum absolute atomic E-state index is 12.7. The molecule has 0 aliphatic heterocycles. The summed E-state index contributed by atoms with van der Waals surface area (Å²) in [5.41, 5.74) is 0.207. The van der Waals surface area contributed by atoms with Crippen molar-refractivity contribution in [2.45, 2.75) is 37.6 Å². The van der Waals surface area contributed by atoms with E-state index in [0.29, 0.717) is 5.56 Å². The number of hydrogen-bond acceptors (Lipinski definition) is 3. The summed E-state index contributed by atoms with van der Waals surface area (Å²) in [4.78, 5) is 26.0. The van der Waals surface area contributed by atoms with E-state index in [1.807, 2.05) is 45.2 Å². The Kier molecular flexibility index (Phi) is 5.62. The molecule has 20 heavy (non-hydrogen) atoms. The molecular weight excluding hydrogens is 274 g/mol. The van der Waals surface area contributed by atoms with Crippen LogP contribution in [0.15, 0.2) is 29.2 Å². The molecule has 1 amide bonds. The Morgan fingerprint density at radius 1 is 1.25 bits per heavy atom. The quantitative estimate of drug-likeness (QED) is 0.848. The molecule has 110 valence electrons. The first-order valence-electron chi connectivity index (χ1n) is 6.44. The molecule has 1 aromatic carbocycles. The van der Waals surface area contributed by atoms with Crippen LogP contribution in [0.2, 0.25) is 0 Å². The molecule has 1 N–H and O–H groups in total. The van der Waals surface area contributed by atoms with Gasteiger partial charge in [-0.25, -0.2) is 0 Å². The first-order valence-corrected chi connectivity index (χ1v) is 7.66. The molecule has 1 rings (SSSR count). The van der Waals surface area contributed by atoms with Crippen molar-refractivity contribution in [3.05, 3.63) is 29.8 Å². The molecule has 0 aliphatic carbocycles. The van der Waals surface area contributed by atoms with Gasteiger partial charge >= 0.3 is 5.97 Å². The van der Waals surface area contributed by atoms with Crippen molar-refractivity contribution >= 4 is 23.6 Å². The zero-order valence-electron chi connectivity index (χ0n) is 12.3. The third kappa shape index (κ3) is 4.27. The molecule has 4 nitrogen and oxygen atoms in total. The molecule has 0 fully saturated rings. The third-order valence-electron chi connectivity index (χ3n) is 2.94. The van der Waals surface area contributed by atoms with Crippen LogP contribution in [-0.2, 0) is 4.79 Å². The lowest BCUT2D eigenvalue weighted by molar-refractivity contribution is -0.137. The number of benzene rings is 1. The van der Waals surface area contributed by atoms with E-state index in [9.17, 15) is 9.59 Å². The molecule has 0 saturated heterocycles. The molecule has 0 spiro atoms. The monoisotopic (exact) mass is 295 g/mol. The summed E-state index contributed by atoms with van der Waals surface area (Å²) in [7, 11) is 0. The Balaban J connectivity index is 3.07. The van der Waals surface area contributed by atoms with Gasteiger partial charge in [0, 0.05) is 17.0 Å². The van der Waals surface area contributed by atoms with Crippen LogP contribution in [0.3, 0.4) is 0 Å². The van der Waals surface area contributed by atoms with Gasteiger partial charge < -0.3 is 10.0 Å². The van der Waals surface area contributed by atoms with E-state index in [1.54, 1.807) is 11.0 Å². The summed E-state index contributed by atoms with van der Waals surface area (Å²) in [5, 5.41) is 8.84. The fraction of sp³-hybridized carbons (Fsp3) is 0.467. The van der Waals surface area contributed by atoms with Gasteiger partial charge in [-0.05, 0) is 39.2 Å². The normalized spacial score (nSPS) is 11.2. The molecule has 0 unspecified atom stereocenters. The van der Waals surface area contributed by atoms with Crippen LogP contribution in [-0.4, -0.2) is 40.2 Å². The van der Waals surface area contributed by atoms with Crippen LogP contribution in [0.1, 0.15) is 37.6 Å². The standard InChI is InChI=1S/C15H21NO3S/c1-15(2,3)16(10-9-13(17)18)14(19)11-7-5-6-8-12(11)20-4/h5-8H,9-10H2,1-4H3,(H,17,18). The average molecular weight is 295 g/mol. The second-order valence-corrected chi connectivity index (χ2v) is 6.32. The Morgan fingerprint density at radius 2 is 1.85 bits per heavy atom. The highest BCUT2D eigenvalue weighted by Crippen LogP contribution is 2.24. The number of carbonyl (C=O) groups is 2. The van der Waals surface area contributed by atoms with E-state index in [2.05, 4.69) is 0 Å². The van der Waals surface area contributed by atoms with Gasteiger partial charge in [0.05, 0.1) is 12.0 Å². The Morgan fingerprint density at radius 3 is 2.35 bits per heavy atom. The maximum atomic E-state index is 12.7. The molecule has 1 aromatic rings. The SMILES string of the molecule is CSc1ccccc1C(=O)N(CCC(=O)O)C(C)(C)C. The molecular formula is C15H21NO3S. The second-order valence-electron chi connectivity index (χ2n) is 5.47. The summed E-state index contributed by atoms with van der Waals surface area (Å²) in [5.74, 6) is -1.02. The molecule has 5 heteroatoms. The number of nitrogens with zero attached hydrogens (tertiary/aromatic N) is 1. The molecule has 0 aromatic heterocycles. The lowest BCUT2D eigenvalue weighted by Crippen LogP contribution is -2.46. The van der Waals surface area contributed by atoms with Gasteiger partial charge in [0.15, 0.2) is 0 Å². The predicted octanol–water partition coefficient (Wildman–Crippen LogP) is 3.12. The average Bonchev–Trinajstić information content (AvgIpc) is 2.36. The number of carboxylic acid groups (broad SMARTS) is 1. The molecule has 0 heterocycles. The van der Waals surface area contributed by atoms with Crippen molar-refractivity contribution in [3.63, 3.8) is 0 Å². The highest BCUT2D eigenvalue weighted by molar-refractivity contribution is 7.98. The molecule has 0 saturated carbocycles. The molecule has 0 radical (unpaired) electrons. The number of thioether (sulfide) groups is 1. The van der Waals surface area contributed by atoms with Gasteiger partial charge in [-0.1, -0.05) is 12.1 Å². The topological polar surface area (TPSA) is 57.6 Å². The van der Waals surface area contributed by atoms with Crippen LogP contribution >= 0.6 is 11.8 Å². The van der Waals surface area contributed by atoms with E-state index in [0.717, 1.165) is 4.90 Å². The highest BCUT2D eigenvalue weighted by atomic mass is 32.2. The Hall–Kier alpha value is -1.49. The van der Waals surface area contributed by atoms with Gasteiger partial charge in [-0.3, -0.25) is 9.59 Å². The minimum atomic E-state index is -0.898. The second kappa shape index (κ2) is 6.79. The van der Waals surface area contributed by atoms with Crippen LogP contribution in [0.5, 0.6) is 0 Å². The zero-order valence-corrected chi connectivity index (χ0v) is 13.2. The molecule has 0 aliphatic rings. The minimum absolute atomic E-state index is 0.0511. The zero-order chi connectivity index (χ0) is 15.3. The number of aliphatic carboxylic acids is 1. The number of rotatable bonds is 5. The smallest absolute Gasteiger partial charge is 0.305 e. The Bertz CT molecular complexity index is 494. The Labute approximate surface area is 124 Å². The number of amides is 1. The summed E-state index contributed by atoms with van der Waals surface area (Å²) < 4.78 is 0. The number of carbonyl (C=O) groups excluding carboxylic acids is 1. The summed E-state index contributed by atoms with van der Waals surface area (Å²) in [6.45, 7) is 5.94. The van der Waals surface area contributed by atoms with Gasteiger partial charge in [-0.2, -0.15) is 0 Å². The van der Waals surface area contributed by atoms with Gasteiger partial charge in [0.25, 0.3) is 5.91 Å². The highest BCUT2D eigenvalue weighted by Gasteiger charge is 2.28. The van der Waals surface area contributed by atoms with Crippen molar-refractivity contribution in [3.8, 4) is 0 Å². The van der Waals surface area contributed by atoms with Crippen LogP contribution in [0.4, 0.5) is 0 Å². The number of hydrogen-bond donors (Lipinski definition) is 1. The van der Waals surface area contributed by atoms with Crippen molar-refractivity contribution in [2.75, 3.05) is 12.8 Å². The number of carboxylic acids is 1. The van der Waals surface area contributed by atoms with E-state index in [-0.39, 0.29) is 18.9 Å². The fourth-order valence-corrected chi connectivity index (χ4v) is 2.51.